The number of anilines is 2. The van der Waals surface area contributed by atoms with Crippen molar-refractivity contribution < 1.29 is 29.0 Å². The van der Waals surface area contributed by atoms with Crippen LogP contribution in [-0.2, 0) is 19.1 Å². The van der Waals surface area contributed by atoms with Crippen molar-refractivity contribution in [3.05, 3.63) is 53.6 Å². The number of hydrogen-bond donors (Lipinski definition) is 3. The quantitative estimate of drug-likeness (QED) is 0.330. The first-order chi connectivity index (χ1) is 20.1. The number of fused-ring (bicyclic) bond motifs is 1. The minimum absolute atomic E-state index is 0.0854. The zero-order chi connectivity index (χ0) is 30.3. The molecular formula is C32H40BrN3O6. The minimum Gasteiger partial charge on any atom is -0.494 e. The van der Waals surface area contributed by atoms with Crippen LogP contribution in [0.3, 0.4) is 0 Å². The van der Waals surface area contributed by atoms with Crippen LogP contribution in [0.5, 0.6) is 5.75 Å². The number of para-hydroxylation sites is 1. The molecule has 3 aliphatic heterocycles. The molecule has 3 amide bonds. The highest BCUT2D eigenvalue weighted by atomic mass is 79.9. The number of aliphatic hydroxyl groups is 1. The highest BCUT2D eigenvalue weighted by Gasteiger charge is 2.77. The fourth-order valence-corrected chi connectivity index (χ4v) is 8.01. The lowest BCUT2D eigenvalue weighted by Gasteiger charge is -2.39. The largest absolute Gasteiger partial charge is 0.494 e. The summed E-state index contributed by atoms with van der Waals surface area (Å²) in [6, 6.07) is 11.2. The number of alkyl halides is 1. The van der Waals surface area contributed by atoms with E-state index in [2.05, 4.69) is 26.6 Å². The number of amides is 3. The van der Waals surface area contributed by atoms with Crippen LogP contribution in [0.15, 0.2) is 42.5 Å². The van der Waals surface area contributed by atoms with E-state index >= 15 is 0 Å². The normalized spacial score (nSPS) is 29.3. The van der Waals surface area contributed by atoms with Gasteiger partial charge in [0.05, 0.1) is 37.2 Å². The summed E-state index contributed by atoms with van der Waals surface area (Å²) in [7, 11) is 0. The molecule has 3 aliphatic rings. The Morgan fingerprint density at radius 3 is 2.38 bits per heavy atom. The molecule has 226 valence electrons. The molecule has 0 radical (unpaired) electrons. The Morgan fingerprint density at radius 2 is 1.79 bits per heavy atom. The number of carbonyl (C=O) groups excluding carboxylic acids is 3. The van der Waals surface area contributed by atoms with Gasteiger partial charge in [0.1, 0.15) is 17.4 Å². The number of halogens is 1. The second-order valence-corrected chi connectivity index (χ2v) is 12.9. The van der Waals surface area contributed by atoms with Crippen molar-refractivity contribution in [2.24, 2.45) is 17.8 Å². The van der Waals surface area contributed by atoms with E-state index in [9.17, 15) is 19.5 Å². The Hall–Kier alpha value is -2.95. The molecule has 8 atom stereocenters. The van der Waals surface area contributed by atoms with Crippen molar-refractivity contribution in [1.29, 1.82) is 0 Å². The molecule has 3 fully saturated rings. The Bertz CT molecular complexity index is 1330. The maximum Gasteiger partial charge on any atom is 0.250 e. The molecular weight excluding hydrogens is 602 g/mol. The Labute approximate surface area is 255 Å². The summed E-state index contributed by atoms with van der Waals surface area (Å²) in [4.78, 5) is 43.9. The number of hydrogen-bond acceptors (Lipinski definition) is 6. The molecule has 1 spiro atoms. The number of ether oxygens (including phenoxy) is 2. The smallest absolute Gasteiger partial charge is 0.250 e. The number of aliphatic hydroxyl groups excluding tert-OH is 1. The van der Waals surface area contributed by atoms with Gasteiger partial charge >= 0.3 is 0 Å². The Balaban J connectivity index is 1.53. The van der Waals surface area contributed by atoms with Crippen molar-refractivity contribution in [2.45, 2.75) is 76.1 Å². The minimum atomic E-state index is -1.22. The van der Waals surface area contributed by atoms with Gasteiger partial charge in [0.2, 0.25) is 17.7 Å². The SMILES string of the molecule is CCOc1ccc(NC(=O)[C@H]2[C@H]3C(=O)N([C@@H](CO)[C@@H](C)CC)C(C(=O)Nc4c(C)cccc4C)C34CC(Br)[C@@H]2O4)cc1. The third-order valence-corrected chi connectivity index (χ3v) is 10.1. The van der Waals surface area contributed by atoms with E-state index in [0.717, 1.165) is 11.1 Å². The standard InChI is InChI=1S/C32H40BrN3O6/c1-6-17(3)23(16-37)36-28(30(39)35-26-18(4)9-8-10-19(26)5)32-15-22(33)27(42-32)24(25(32)31(36)40)29(38)34-20-11-13-21(14-12-20)41-7-2/h8-14,17,22-25,27-28,37H,6-7,15-16H2,1-5H3,(H,34,38)(H,35,39)/t17-,22?,23-,24-,25-,27-,28?,32?/m0/s1. The van der Waals surface area contributed by atoms with E-state index in [-0.39, 0.29) is 35.1 Å². The molecule has 9 nitrogen and oxygen atoms in total. The molecule has 2 aromatic rings. The van der Waals surface area contributed by atoms with Crippen LogP contribution in [0.25, 0.3) is 0 Å². The molecule has 0 aromatic heterocycles. The van der Waals surface area contributed by atoms with Gasteiger partial charge in [-0.25, -0.2) is 0 Å². The topological polar surface area (TPSA) is 117 Å². The van der Waals surface area contributed by atoms with E-state index in [4.69, 9.17) is 9.47 Å². The first kappa shape index (κ1) is 30.5. The highest BCUT2D eigenvalue weighted by molar-refractivity contribution is 9.09. The average Bonchev–Trinajstić information content (AvgIpc) is 3.56. The molecule has 42 heavy (non-hydrogen) atoms. The molecule has 3 saturated heterocycles. The Morgan fingerprint density at radius 1 is 1.12 bits per heavy atom. The third kappa shape index (κ3) is 5.01. The van der Waals surface area contributed by atoms with Gasteiger partial charge < -0.3 is 30.1 Å². The van der Waals surface area contributed by atoms with Crippen molar-refractivity contribution in [2.75, 3.05) is 23.8 Å². The zero-order valence-electron chi connectivity index (χ0n) is 24.7. The number of rotatable bonds is 10. The number of nitrogens with one attached hydrogen (secondary N) is 2. The van der Waals surface area contributed by atoms with E-state index in [0.29, 0.717) is 36.6 Å². The lowest BCUT2D eigenvalue weighted by molar-refractivity contribution is -0.144. The van der Waals surface area contributed by atoms with Gasteiger partial charge in [-0.1, -0.05) is 54.4 Å². The van der Waals surface area contributed by atoms with Crippen LogP contribution >= 0.6 is 15.9 Å². The summed E-state index contributed by atoms with van der Waals surface area (Å²) in [5.41, 5.74) is 1.84. The summed E-state index contributed by atoms with van der Waals surface area (Å²) in [6.45, 7) is 9.92. The van der Waals surface area contributed by atoms with Gasteiger partial charge in [-0.05, 0) is 68.5 Å². The molecule has 10 heteroatoms. The lowest BCUT2D eigenvalue weighted by atomic mass is 9.70. The average molecular weight is 643 g/mol. The molecule has 0 saturated carbocycles. The van der Waals surface area contributed by atoms with E-state index < -0.39 is 35.6 Å². The van der Waals surface area contributed by atoms with E-state index in [1.165, 1.54) is 4.90 Å². The first-order valence-corrected chi connectivity index (χ1v) is 15.6. The van der Waals surface area contributed by atoms with Crippen molar-refractivity contribution >= 4 is 45.0 Å². The second-order valence-electron chi connectivity index (χ2n) is 11.7. The molecule has 0 aliphatic carbocycles. The monoisotopic (exact) mass is 641 g/mol. The summed E-state index contributed by atoms with van der Waals surface area (Å²) in [5, 5.41) is 16.6. The predicted molar refractivity (Wildman–Crippen MR) is 164 cm³/mol. The van der Waals surface area contributed by atoms with Gasteiger partial charge in [0, 0.05) is 16.2 Å². The Kier molecular flexibility index (Phi) is 8.70. The second kappa shape index (κ2) is 12.0. The maximum atomic E-state index is 14.4. The molecule has 2 aromatic carbocycles. The van der Waals surface area contributed by atoms with Crippen LogP contribution in [0.1, 0.15) is 44.7 Å². The van der Waals surface area contributed by atoms with Crippen LogP contribution < -0.4 is 15.4 Å². The molecule has 2 bridgehead atoms. The summed E-state index contributed by atoms with van der Waals surface area (Å²) in [6.07, 6.45) is 0.501. The van der Waals surface area contributed by atoms with Crippen LogP contribution in [0.4, 0.5) is 11.4 Å². The number of nitrogens with zero attached hydrogens (tertiary/aromatic N) is 1. The van der Waals surface area contributed by atoms with Crippen LogP contribution in [-0.4, -0.2) is 69.6 Å². The van der Waals surface area contributed by atoms with Gasteiger partial charge in [-0.2, -0.15) is 0 Å². The van der Waals surface area contributed by atoms with Gasteiger partial charge in [-0.3, -0.25) is 14.4 Å². The van der Waals surface area contributed by atoms with Crippen LogP contribution in [0.2, 0.25) is 0 Å². The summed E-state index contributed by atoms with van der Waals surface area (Å²) in [5.74, 6) is -2.13. The number of benzene rings is 2. The number of carbonyl (C=O) groups is 3. The predicted octanol–water partition coefficient (Wildman–Crippen LogP) is 4.43. The maximum absolute atomic E-state index is 14.4. The number of aryl methyl sites for hydroxylation is 2. The van der Waals surface area contributed by atoms with Crippen molar-refractivity contribution in [3.8, 4) is 5.75 Å². The fourth-order valence-electron chi connectivity index (χ4n) is 7.07. The van der Waals surface area contributed by atoms with Crippen molar-refractivity contribution in [1.82, 2.24) is 4.90 Å². The first-order valence-electron chi connectivity index (χ1n) is 14.7. The number of likely N-dealkylation sites (tertiary alicyclic amines) is 1. The molecule has 3 unspecified atom stereocenters. The molecule has 3 heterocycles. The van der Waals surface area contributed by atoms with Crippen molar-refractivity contribution in [3.63, 3.8) is 0 Å². The zero-order valence-corrected chi connectivity index (χ0v) is 26.3. The highest BCUT2D eigenvalue weighted by Crippen LogP contribution is 2.60. The molecule has 5 rings (SSSR count). The molecule has 3 N–H and O–H groups in total. The van der Waals surface area contributed by atoms with Gasteiger partial charge in [0.25, 0.3) is 0 Å². The summed E-state index contributed by atoms with van der Waals surface area (Å²) < 4.78 is 12.1. The van der Waals surface area contributed by atoms with E-state index in [1.54, 1.807) is 24.3 Å². The summed E-state index contributed by atoms with van der Waals surface area (Å²) >= 11 is 3.72. The van der Waals surface area contributed by atoms with E-state index in [1.807, 2.05) is 52.8 Å². The van der Waals surface area contributed by atoms with Crippen LogP contribution in [0, 0.1) is 31.6 Å². The fraction of sp³-hybridized carbons (Fsp3) is 0.531. The van der Waals surface area contributed by atoms with Gasteiger partial charge in [-0.15, -0.1) is 0 Å². The third-order valence-electron chi connectivity index (χ3n) is 9.29. The van der Waals surface area contributed by atoms with Gasteiger partial charge in [0.15, 0.2) is 0 Å². The lowest BCUT2D eigenvalue weighted by Crippen LogP contribution is -2.57.